The number of rotatable bonds is 4. The van der Waals surface area contributed by atoms with Crippen molar-refractivity contribution < 1.29 is 14.3 Å². The summed E-state index contributed by atoms with van der Waals surface area (Å²) in [5.41, 5.74) is 5.77. The zero-order valence-corrected chi connectivity index (χ0v) is 12.3. The van der Waals surface area contributed by atoms with E-state index in [0.717, 1.165) is 38.5 Å². The first-order valence-electron chi connectivity index (χ1n) is 7.86. The lowest BCUT2D eigenvalue weighted by Crippen LogP contribution is -2.51. The third kappa shape index (κ3) is 3.14. The fourth-order valence-corrected chi connectivity index (χ4v) is 3.54. The van der Waals surface area contributed by atoms with Crippen molar-refractivity contribution in [2.45, 2.75) is 51.5 Å². The molecule has 1 saturated carbocycles. The molecular formula is C15H26N2O3. The molecule has 2 N–H and O–H groups in total. The van der Waals surface area contributed by atoms with Crippen molar-refractivity contribution in [3.05, 3.63) is 0 Å². The smallest absolute Gasteiger partial charge is 0.328 e. The van der Waals surface area contributed by atoms with Crippen LogP contribution in [0, 0.1) is 11.8 Å². The van der Waals surface area contributed by atoms with Gasteiger partial charge < -0.3 is 15.4 Å². The standard InChI is InChI=1S/C15H26N2O3/c1-2-20-15(19)13-8-3-4-9-17(13)14(18)12-7-5-6-11(12)10-16/h11-13H,2-10,16H2,1H3. The first-order valence-corrected chi connectivity index (χ1v) is 7.86. The SMILES string of the molecule is CCOC(=O)C1CCCCN1C(=O)C1CCCC1CN. The van der Waals surface area contributed by atoms with Crippen molar-refractivity contribution >= 4 is 11.9 Å². The van der Waals surface area contributed by atoms with Crippen LogP contribution in [0.2, 0.25) is 0 Å². The molecule has 0 aromatic carbocycles. The molecule has 114 valence electrons. The molecule has 1 aliphatic heterocycles. The molecule has 0 spiro atoms. The van der Waals surface area contributed by atoms with E-state index in [2.05, 4.69) is 0 Å². The van der Waals surface area contributed by atoms with E-state index in [1.54, 1.807) is 11.8 Å². The summed E-state index contributed by atoms with van der Waals surface area (Å²) in [5, 5.41) is 0. The van der Waals surface area contributed by atoms with Gasteiger partial charge in [0.25, 0.3) is 0 Å². The highest BCUT2D eigenvalue weighted by Gasteiger charge is 2.40. The number of ether oxygens (including phenoxy) is 1. The minimum atomic E-state index is -0.379. The molecule has 2 rings (SSSR count). The van der Waals surface area contributed by atoms with Gasteiger partial charge in [0, 0.05) is 12.5 Å². The van der Waals surface area contributed by atoms with E-state index in [1.807, 2.05) is 0 Å². The second-order valence-electron chi connectivity index (χ2n) is 5.83. The highest BCUT2D eigenvalue weighted by Crippen LogP contribution is 2.34. The van der Waals surface area contributed by atoms with E-state index in [0.29, 0.717) is 19.7 Å². The van der Waals surface area contributed by atoms with Gasteiger partial charge in [-0.15, -0.1) is 0 Å². The van der Waals surface area contributed by atoms with Gasteiger partial charge in [0.05, 0.1) is 6.61 Å². The molecule has 1 amide bonds. The molecule has 3 atom stereocenters. The Hall–Kier alpha value is -1.10. The maximum absolute atomic E-state index is 12.8. The average Bonchev–Trinajstić information content (AvgIpc) is 2.95. The van der Waals surface area contributed by atoms with Crippen LogP contribution in [-0.4, -0.2) is 42.5 Å². The molecule has 0 radical (unpaired) electrons. The fraction of sp³-hybridized carbons (Fsp3) is 0.867. The molecule has 1 saturated heterocycles. The Balaban J connectivity index is 2.07. The summed E-state index contributed by atoms with van der Waals surface area (Å²) in [4.78, 5) is 26.6. The Morgan fingerprint density at radius 3 is 2.70 bits per heavy atom. The van der Waals surface area contributed by atoms with Crippen LogP contribution >= 0.6 is 0 Å². The summed E-state index contributed by atoms with van der Waals surface area (Å²) in [7, 11) is 0. The van der Waals surface area contributed by atoms with Gasteiger partial charge in [0.1, 0.15) is 6.04 Å². The van der Waals surface area contributed by atoms with Gasteiger partial charge in [-0.05, 0) is 51.5 Å². The van der Waals surface area contributed by atoms with E-state index in [-0.39, 0.29) is 29.8 Å². The summed E-state index contributed by atoms with van der Waals surface area (Å²) < 4.78 is 5.12. The van der Waals surface area contributed by atoms with Crippen LogP contribution < -0.4 is 5.73 Å². The highest BCUT2D eigenvalue weighted by molar-refractivity contribution is 5.86. The van der Waals surface area contributed by atoms with Crippen LogP contribution in [0.15, 0.2) is 0 Å². The van der Waals surface area contributed by atoms with Crippen molar-refractivity contribution in [1.82, 2.24) is 4.90 Å². The molecule has 1 aliphatic carbocycles. The summed E-state index contributed by atoms with van der Waals surface area (Å²) in [5.74, 6) is 0.167. The number of nitrogens with two attached hydrogens (primary N) is 1. The summed E-state index contributed by atoms with van der Waals surface area (Å²) in [6.45, 7) is 3.41. The number of piperidine rings is 1. The van der Waals surface area contributed by atoms with Crippen LogP contribution in [0.25, 0.3) is 0 Å². The first-order chi connectivity index (χ1) is 9.69. The topological polar surface area (TPSA) is 72.6 Å². The Labute approximate surface area is 120 Å². The lowest BCUT2D eigenvalue weighted by Gasteiger charge is -2.36. The van der Waals surface area contributed by atoms with E-state index in [4.69, 9.17) is 10.5 Å². The van der Waals surface area contributed by atoms with Crippen molar-refractivity contribution in [3.63, 3.8) is 0 Å². The molecule has 0 aromatic rings. The predicted octanol–water partition coefficient (Wildman–Crippen LogP) is 1.31. The van der Waals surface area contributed by atoms with Gasteiger partial charge in [0.15, 0.2) is 0 Å². The van der Waals surface area contributed by atoms with Gasteiger partial charge in [-0.1, -0.05) is 6.42 Å². The number of esters is 1. The van der Waals surface area contributed by atoms with E-state index in [1.165, 1.54) is 0 Å². The second kappa shape index (κ2) is 7.07. The van der Waals surface area contributed by atoms with Gasteiger partial charge in [-0.2, -0.15) is 0 Å². The maximum atomic E-state index is 12.8. The van der Waals surface area contributed by atoms with Crippen molar-refractivity contribution in [1.29, 1.82) is 0 Å². The molecular weight excluding hydrogens is 256 g/mol. The van der Waals surface area contributed by atoms with Gasteiger partial charge in [-0.3, -0.25) is 4.79 Å². The Bertz CT molecular complexity index is 359. The predicted molar refractivity (Wildman–Crippen MR) is 75.9 cm³/mol. The Morgan fingerprint density at radius 1 is 1.20 bits per heavy atom. The summed E-state index contributed by atoms with van der Waals surface area (Å²) in [6.07, 6.45) is 5.69. The highest BCUT2D eigenvalue weighted by atomic mass is 16.5. The third-order valence-electron chi connectivity index (χ3n) is 4.62. The van der Waals surface area contributed by atoms with Crippen molar-refractivity contribution in [2.24, 2.45) is 17.6 Å². The molecule has 5 heteroatoms. The molecule has 2 fully saturated rings. The molecule has 0 aromatic heterocycles. The van der Waals surface area contributed by atoms with E-state index >= 15 is 0 Å². The van der Waals surface area contributed by atoms with Crippen LogP contribution in [0.4, 0.5) is 0 Å². The molecule has 2 aliphatic rings. The number of hydrogen-bond donors (Lipinski definition) is 1. The van der Waals surface area contributed by atoms with Crippen LogP contribution in [0.1, 0.15) is 45.4 Å². The number of carbonyl (C=O) groups excluding carboxylic acids is 2. The minimum Gasteiger partial charge on any atom is -0.464 e. The average molecular weight is 282 g/mol. The molecule has 5 nitrogen and oxygen atoms in total. The van der Waals surface area contributed by atoms with Crippen LogP contribution in [-0.2, 0) is 14.3 Å². The summed E-state index contributed by atoms with van der Waals surface area (Å²) >= 11 is 0. The molecule has 1 heterocycles. The normalized spacial score (nSPS) is 30.3. The Kier molecular flexibility index (Phi) is 5.40. The molecule has 20 heavy (non-hydrogen) atoms. The zero-order chi connectivity index (χ0) is 14.5. The van der Waals surface area contributed by atoms with Gasteiger partial charge >= 0.3 is 5.97 Å². The molecule has 3 unspecified atom stereocenters. The van der Waals surface area contributed by atoms with Gasteiger partial charge in [0.2, 0.25) is 5.91 Å². The number of amides is 1. The second-order valence-corrected chi connectivity index (χ2v) is 5.83. The fourth-order valence-electron chi connectivity index (χ4n) is 3.54. The lowest BCUT2D eigenvalue weighted by atomic mass is 9.92. The van der Waals surface area contributed by atoms with Crippen molar-refractivity contribution in [3.8, 4) is 0 Å². The van der Waals surface area contributed by atoms with Gasteiger partial charge in [-0.25, -0.2) is 4.79 Å². The third-order valence-corrected chi connectivity index (χ3v) is 4.62. The maximum Gasteiger partial charge on any atom is 0.328 e. The Morgan fingerprint density at radius 2 is 2.00 bits per heavy atom. The van der Waals surface area contributed by atoms with E-state index < -0.39 is 0 Å². The van der Waals surface area contributed by atoms with Crippen LogP contribution in [0.3, 0.4) is 0 Å². The quantitative estimate of drug-likeness (QED) is 0.789. The number of hydrogen-bond acceptors (Lipinski definition) is 4. The number of likely N-dealkylation sites (tertiary alicyclic amines) is 1. The number of carbonyl (C=O) groups is 2. The lowest BCUT2D eigenvalue weighted by molar-refractivity contribution is -0.158. The monoisotopic (exact) mass is 282 g/mol. The largest absolute Gasteiger partial charge is 0.464 e. The van der Waals surface area contributed by atoms with Crippen LogP contribution in [0.5, 0.6) is 0 Å². The minimum absolute atomic E-state index is 0.00928. The molecule has 0 bridgehead atoms. The summed E-state index contributed by atoms with van der Waals surface area (Å²) in [6, 6.07) is -0.379. The van der Waals surface area contributed by atoms with E-state index in [9.17, 15) is 9.59 Å². The van der Waals surface area contributed by atoms with Crippen molar-refractivity contribution in [2.75, 3.05) is 19.7 Å². The zero-order valence-electron chi connectivity index (χ0n) is 12.3. The first kappa shape index (κ1) is 15.3. The number of nitrogens with zero attached hydrogens (tertiary/aromatic N) is 1.